The molecule has 2 saturated heterocycles. The molecule has 6 nitrogen and oxygen atoms in total. The van der Waals surface area contributed by atoms with Crippen LogP contribution in [0.5, 0.6) is 0 Å². The third kappa shape index (κ3) is 3.38. The Balaban J connectivity index is 1.35. The van der Waals surface area contributed by atoms with Crippen LogP contribution in [0.4, 0.5) is 0 Å². The van der Waals surface area contributed by atoms with Gasteiger partial charge in [0.05, 0.1) is 11.0 Å². The molecule has 1 aromatic carbocycles. The predicted molar refractivity (Wildman–Crippen MR) is 123 cm³/mol. The molecule has 4 aliphatic rings. The molecule has 2 aliphatic carbocycles. The Morgan fingerprint density at radius 1 is 0.844 bits per heavy atom. The van der Waals surface area contributed by atoms with Crippen molar-refractivity contribution in [1.29, 1.82) is 0 Å². The van der Waals surface area contributed by atoms with Crippen molar-refractivity contribution in [1.82, 2.24) is 14.5 Å². The Labute approximate surface area is 188 Å². The van der Waals surface area contributed by atoms with Gasteiger partial charge in [0.15, 0.2) is 0 Å². The fourth-order valence-corrected chi connectivity index (χ4v) is 7.79. The molecular weight excluding hydrogens is 402 g/mol. The minimum Gasteiger partial charge on any atom is -0.476 e. The smallest absolute Gasteiger partial charge is 0.360 e. The van der Waals surface area contributed by atoms with E-state index in [0.717, 1.165) is 30.2 Å². The molecular formula is C26H33N3O3. The number of aromatic nitrogens is 2. The maximum atomic E-state index is 13.3. The predicted octanol–water partition coefficient (Wildman–Crippen LogP) is 4.62. The van der Waals surface area contributed by atoms with Gasteiger partial charge in [-0.25, -0.2) is 9.78 Å². The van der Waals surface area contributed by atoms with Crippen molar-refractivity contribution in [3.8, 4) is 0 Å². The minimum atomic E-state index is -1.24. The third-order valence-corrected chi connectivity index (χ3v) is 8.89. The Hall–Kier alpha value is -2.21. The van der Waals surface area contributed by atoms with Gasteiger partial charge in [-0.2, -0.15) is 0 Å². The lowest BCUT2D eigenvalue weighted by atomic mass is 9.68. The lowest BCUT2D eigenvalue weighted by molar-refractivity contribution is -0.0486. The highest BCUT2D eigenvalue weighted by Crippen LogP contribution is 2.47. The highest BCUT2D eigenvalue weighted by atomic mass is 16.4. The Bertz CT molecular complexity index is 1070. The van der Waals surface area contributed by atoms with E-state index in [1.54, 1.807) is 4.57 Å². The van der Waals surface area contributed by atoms with Crippen LogP contribution < -0.4 is 5.56 Å². The molecule has 0 radical (unpaired) electrons. The summed E-state index contributed by atoms with van der Waals surface area (Å²) in [5, 5.41) is 9.62. The topological polar surface area (TPSA) is 75.4 Å². The van der Waals surface area contributed by atoms with E-state index in [-0.39, 0.29) is 11.7 Å². The summed E-state index contributed by atoms with van der Waals surface area (Å²) in [5.41, 5.74) is 0.569. The fraction of sp³-hybridized carbons (Fsp3) is 0.654. The summed E-state index contributed by atoms with van der Waals surface area (Å²) in [7, 11) is 0. The number of benzene rings is 1. The molecule has 1 N–H and O–H groups in total. The van der Waals surface area contributed by atoms with Crippen molar-refractivity contribution in [3.63, 3.8) is 0 Å². The summed E-state index contributed by atoms with van der Waals surface area (Å²) in [5.74, 6) is 0.590. The number of aromatic carboxylic acids is 1. The standard InChI is InChI=1S/C26H33N3O3/c30-25-24(26(31)32)27-22-9-1-2-10-23(22)29(25)21-14-18-7-4-8-19(15-21)28(18)20-12-16-5-3-6-17(11-16)13-20/h1-2,9-10,16-21H,3-8,11-15H2,(H,31,32)/t16-,17+,18?,19?,20+,21?. The zero-order valence-corrected chi connectivity index (χ0v) is 18.7. The molecule has 170 valence electrons. The molecule has 6 heteroatoms. The number of carboxylic acids is 1. The van der Waals surface area contributed by atoms with Crippen LogP contribution >= 0.6 is 0 Å². The molecule has 2 saturated carbocycles. The molecule has 2 aliphatic heterocycles. The normalized spacial score (nSPS) is 35.0. The largest absolute Gasteiger partial charge is 0.476 e. The van der Waals surface area contributed by atoms with E-state index in [1.165, 1.54) is 57.8 Å². The van der Waals surface area contributed by atoms with Crippen LogP contribution in [0.1, 0.15) is 87.2 Å². The zero-order valence-electron chi connectivity index (χ0n) is 18.7. The molecule has 6 rings (SSSR count). The first-order chi connectivity index (χ1) is 15.6. The van der Waals surface area contributed by atoms with Gasteiger partial charge in [0.25, 0.3) is 5.56 Å². The minimum absolute atomic E-state index is 0.0446. The van der Waals surface area contributed by atoms with Crippen LogP contribution in [0.25, 0.3) is 11.0 Å². The van der Waals surface area contributed by atoms with Crippen molar-refractivity contribution in [2.24, 2.45) is 11.8 Å². The van der Waals surface area contributed by atoms with Gasteiger partial charge in [0, 0.05) is 24.2 Å². The molecule has 2 unspecified atom stereocenters. The van der Waals surface area contributed by atoms with Crippen LogP contribution in [0.2, 0.25) is 0 Å². The molecule has 4 bridgehead atoms. The van der Waals surface area contributed by atoms with E-state index in [4.69, 9.17) is 0 Å². The van der Waals surface area contributed by atoms with Crippen LogP contribution in [-0.2, 0) is 0 Å². The number of carboxylic acid groups (broad SMARTS) is 1. The number of hydrogen-bond acceptors (Lipinski definition) is 4. The molecule has 5 atom stereocenters. The molecule has 2 aromatic rings. The van der Waals surface area contributed by atoms with Gasteiger partial charge >= 0.3 is 5.97 Å². The summed E-state index contributed by atoms with van der Waals surface area (Å²) in [6.07, 6.45) is 13.9. The van der Waals surface area contributed by atoms with Crippen LogP contribution in [0.15, 0.2) is 29.1 Å². The second-order valence-corrected chi connectivity index (χ2v) is 10.8. The Morgan fingerprint density at radius 2 is 1.50 bits per heavy atom. The number of fused-ring (bicyclic) bond motifs is 5. The number of rotatable bonds is 3. The van der Waals surface area contributed by atoms with Gasteiger partial charge in [0.2, 0.25) is 5.69 Å². The van der Waals surface area contributed by atoms with E-state index in [9.17, 15) is 14.7 Å². The Kier molecular flexibility index (Phi) is 5.09. The monoisotopic (exact) mass is 435 g/mol. The van der Waals surface area contributed by atoms with Gasteiger partial charge in [0.1, 0.15) is 0 Å². The van der Waals surface area contributed by atoms with Crippen LogP contribution in [0.3, 0.4) is 0 Å². The Morgan fingerprint density at radius 3 is 2.19 bits per heavy atom. The van der Waals surface area contributed by atoms with E-state index < -0.39 is 11.5 Å². The van der Waals surface area contributed by atoms with Crippen LogP contribution in [0, 0.1) is 11.8 Å². The van der Waals surface area contributed by atoms with Gasteiger partial charge in [-0.15, -0.1) is 0 Å². The van der Waals surface area contributed by atoms with Crippen molar-refractivity contribution in [2.75, 3.05) is 0 Å². The number of nitrogens with zero attached hydrogens (tertiary/aromatic N) is 3. The SMILES string of the molecule is O=C(O)c1nc2ccccc2n(C2CC3CCCC(C2)N3[C@H]2C[C@@H]3CCC[C@@H](C3)C2)c1=O. The highest BCUT2D eigenvalue weighted by molar-refractivity contribution is 5.88. The van der Waals surface area contributed by atoms with E-state index in [0.29, 0.717) is 23.6 Å². The van der Waals surface area contributed by atoms with Crippen molar-refractivity contribution >= 4 is 17.0 Å². The van der Waals surface area contributed by atoms with Crippen molar-refractivity contribution in [2.45, 2.75) is 94.8 Å². The van der Waals surface area contributed by atoms with Crippen molar-refractivity contribution < 1.29 is 9.90 Å². The van der Waals surface area contributed by atoms with Gasteiger partial charge < -0.3 is 9.67 Å². The second-order valence-electron chi connectivity index (χ2n) is 10.8. The molecule has 0 amide bonds. The van der Waals surface area contributed by atoms with Crippen molar-refractivity contribution in [3.05, 3.63) is 40.3 Å². The summed E-state index contributed by atoms with van der Waals surface area (Å²) >= 11 is 0. The first-order valence-electron chi connectivity index (χ1n) is 12.6. The van der Waals surface area contributed by atoms with Gasteiger partial charge in [-0.05, 0) is 68.9 Å². The first-order valence-corrected chi connectivity index (χ1v) is 12.6. The highest BCUT2D eigenvalue weighted by Gasteiger charge is 2.45. The lowest BCUT2D eigenvalue weighted by Crippen LogP contribution is -2.58. The summed E-state index contributed by atoms with van der Waals surface area (Å²) in [4.78, 5) is 32.1. The van der Waals surface area contributed by atoms with E-state index in [1.807, 2.05) is 24.3 Å². The average molecular weight is 436 g/mol. The molecule has 32 heavy (non-hydrogen) atoms. The maximum absolute atomic E-state index is 13.3. The zero-order chi connectivity index (χ0) is 21.8. The summed E-state index contributed by atoms with van der Waals surface area (Å²) in [6, 6.07) is 9.25. The first kappa shape index (κ1) is 20.4. The molecule has 0 spiro atoms. The third-order valence-electron chi connectivity index (χ3n) is 8.89. The van der Waals surface area contributed by atoms with E-state index in [2.05, 4.69) is 9.88 Å². The number of para-hydroxylation sites is 2. The fourth-order valence-electron chi connectivity index (χ4n) is 7.79. The number of piperidine rings is 2. The molecule has 3 heterocycles. The molecule has 1 aromatic heterocycles. The quantitative estimate of drug-likeness (QED) is 0.761. The van der Waals surface area contributed by atoms with Gasteiger partial charge in [-0.3, -0.25) is 9.69 Å². The van der Waals surface area contributed by atoms with Gasteiger partial charge in [-0.1, -0.05) is 37.8 Å². The molecule has 4 fully saturated rings. The summed E-state index contributed by atoms with van der Waals surface area (Å²) in [6.45, 7) is 0. The second kappa shape index (κ2) is 7.98. The number of hydrogen-bond donors (Lipinski definition) is 1. The van der Waals surface area contributed by atoms with Crippen LogP contribution in [-0.4, -0.2) is 43.7 Å². The number of carbonyl (C=O) groups is 1. The lowest BCUT2D eigenvalue weighted by Gasteiger charge is -2.55. The summed E-state index contributed by atoms with van der Waals surface area (Å²) < 4.78 is 1.78. The maximum Gasteiger partial charge on any atom is 0.360 e. The van der Waals surface area contributed by atoms with E-state index >= 15 is 0 Å². The average Bonchev–Trinajstić information content (AvgIpc) is 2.77.